The highest BCUT2D eigenvalue weighted by Gasteiger charge is 2.56. The standard InChI is InChI=1S/C38H30N2O7/c1-3-46-31-17-21(10-15-28(31)41)32-23-13-14-24-33(25(23)18-26-34(32)29(42)16-19(2)35(26)43)38(45)40(37(24)44)22-11-8-20(9-12-22)36-39-27-6-4-5-7-30(27)47-36/h4-13,15-17,24-25,32-33,41H,3,14,18H2,1-2H3. The van der Waals surface area contributed by atoms with Crippen LogP contribution in [0, 0.1) is 17.8 Å². The third kappa shape index (κ3) is 4.40. The summed E-state index contributed by atoms with van der Waals surface area (Å²) in [6.45, 7) is 3.76. The van der Waals surface area contributed by atoms with E-state index in [0.29, 0.717) is 58.0 Å². The smallest absolute Gasteiger partial charge is 0.238 e. The minimum atomic E-state index is -0.701. The van der Waals surface area contributed by atoms with Crippen molar-refractivity contribution in [3.8, 4) is 23.0 Å². The van der Waals surface area contributed by atoms with Crippen LogP contribution in [0.1, 0.15) is 38.2 Å². The van der Waals surface area contributed by atoms with Crippen molar-refractivity contribution in [2.24, 2.45) is 17.8 Å². The lowest BCUT2D eigenvalue weighted by molar-refractivity contribution is -0.123. The molecule has 1 aliphatic heterocycles. The summed E-state index contributed by atoms with van der Waals surface area (Å²) in [5.41, 5.74) is 5.19. The van der Waals surface area contributed by atoms with Crippen LogP contribution >= 0.6 is 0 Å². The summed E-state index contributed by atoms with van der Waals surface area (Å²) in [6, 6.07) is 19.4. The molecule has 1 saturated heterocycles. The van der Waals surface area contributed by atoms with Crippen molar-refractivity contribution in [1.82, 2.24) is 4.98 Å². The van der Waals surface area contributed by atoms with E-state index in [2.05, 4.69) is 4.98 Å². The molecule has 234 valence electrons. The number of rotatable bonds is 5. The topological polar surface area (TPSA) is 127 Å². The van der Waals surface area contributed by atoms with E-state index in [4.69, 9.17) is 9.15 Å². The van der Waals surface area contributed by atoms with Crippen molar-refractivity contribution < 1.29 is 33.4 Å². The lowest BCUT2D eigenvalue weighted by Gasteiger charge is -2.42. The molecule has 8 rings (SSSR count). The number of benzene rings is 3. The second-order valence-corrected chi connectivity index (χ2v) is 12.4. The summed E-state index contributed by atoms with van der Waals surface area (Å²) < 4.78 is 11.5. The van der Waals surface area contributed by atoms with Gasteiger partial charge < -0.3 is 14.3 Å². The molecule has 0 saturated carbocycles. The number of ketones is 2. The van der Waals surface area contributed by atoms with Gasteiger partial charge in [-0.25, -0.2) is 4.98 Å². The number of amides is 2. The first kappa shape index (κ1) is 28.9. The molecule has 3 aromatic carbocycles. The molecule has 1 N–H and O–H groups in total. The number of aromatic hydroxyl groups is 1. The number of Topliss-reactive ketones (excluding diaryl/α,β-unsaturated/α-hetero) is 1. The van der Waals surface area contributed by atoms with Gasteiger partial charge in [-0.1, -0.05) is 29.8 Å². The Balaban J connectivity index is 1.16. The van der Waals surface area contributed by atoms with Gasteiger partial charge in [0, 0.05) is 28.2 Å². The Morgan fingerprint density at radius 3 is 2.53 bits per heavy atom. The third-order valence-electron chi connectivity index (χ3n) is 9.85. The predicted molar refractivity (Wildman–Crippen MR) is 173 cm³/mol. The Kier molecular flexibility index (Phi) is 6.61. The molecular weight excluding hydrogens is 596 g/mol. The zero-order valence-corrected chi connectivity index (χ0v) is 25.7. The van der Waals surface area contributed by atoms with Gasteiger partial charge in [-0.15, -0.1) is 0 Å². The van der Waals surface area contributed by atoms with E-state index in [1.54, 1.807) is 43.3 Å². The van der Waals surface area contributed by atoms with Crippen molar-refractivity contribution in [1.29, 1.82) is 0 Å². The van der Waals surface area contributed by atoms with Gasteiger partial charge >= 0.3 is 0 Å². The second-order valence-electron chi connectivity index (χ2n) is 12.4. The molecule has 4 aromatic rings. The number of hydrogen-bond donors (Lipinski definition) is 1. The summed E-state index contributed by atoms with van der Waals surface area (Å²) in [4.78, 5) is 61.1. The Labute approximate surface area is 269 Å². The van der Waals surface area contributed by atoms with Crippen molar-refractivity contribution >= 4 is 40.2 Å². The first-order valence-corrected chi connectivity index (χ1v) is 15.7. The molecule has 4 unspecified atom stereocenters. The fourth-order valence-electron chi connectivity index (χ4n) is 7.75. The molecule has 1 fully saturated rings. The average molecular weight is 627 g/mol. The number of fused-ring (bicyclic) bond motifs is 4. The second kappa shape index (κ2) is 10.8. The van der Waals surface area contributed by atoms with Crippen LogP contribution in [0.2, 0.25) is 0 Å². The average Bonchev–Trinajstić information content (AvgIpc) is 3.62. The van der Waals surface area contributed by atoms with Gasteiger partial charge in [0.1, 0.15) is 5.52 Å². The number of allylic oxidation sites excluding steroid dienone is 6. The van der Waals surface area contributed by atoms with Gasteiger partial charge in [0.2, 0.25) is 17.7 Å². The highest BCUT2D eigenvalue weighted by Crippen LogP contribution is 2.56. The molecule has 9 nitrogen and oxygen atoms in total. The number of phenolic OH excluding ortho intramolecular Hbond substituents is 1. The predicted octanol–water partition coefficient (Wildman–Crippen LogP) is 6.23. The lowest BCUT2D eigenvalue weighted by atomic mass is 9.59. The first-order chi connectivity index (χ1) is 22.7. The number of anilines is 1. The number of oxazole rings is 1. The van der Waals surface area contributed by atoms with Crippen molar-refractivity contribution in [2.45, 2.75) is 32.6 Å². The third-order valence-corrected chi connectivity index (χ3v) is 9.85. The fraction of sp³-hybridized carbons (Fsp3) is 0.237. The number of aromatic nitrogens is 1. The van der Waals surface area contributed by atoms with Crippen LogP contribution in [0.3, 0.4) is 0 Å². The lowest BCUT2D eigenvalue weighted by Crippen LogP contribution is -2.39. The van der Waals surface area contributed by atoms with Gasteiger partial charge in [-0.3, -0.25) is 24.1 Å². The van der Waals surface area contributed by atoms with Crippen LogP contribution < -0.4 is 9.64 Å². The first-order valence-electron chi connectivity index (χ1n) is 15.7. The number of hydrogen-bond acceptors (Lipinski definition) is 8. The quantitative estimate of drug-likeness (QED) is 0.157. The van der Waals surface area contributed by atoms with E-state index in [1.165, 1.54) is 17.0 Å². The van der Waals surface area contributed by atoms with E-state index in [1.807, 2.05) is 37.3 Å². The highest BCUT2D eigenvalue weighted by molar-refractivity contribution is 6.25. The molecule has 4 aliphatic rings. The largest absolute Gasteiger partial charge is 0.504 e. The monoisotopic (exact) mass is 626 g/mol. The summed E-state index contributed by atoms with van der Waals surface area (Å²) in [5, 5.41) is 10.4. The van der Waals surface area contributed by atoms with Crippen LogP contribution in [-0.2, 0) is 19.2 Å². The molecule has 2 amide bonds. The van der Waals surface area contributed by atoms with Crippen LogP contribution in [0.4, 0.5) is 5.69 Å². The minimum Gasteiger partial charge on any atom is -0.504 e. The summed E-state index contributed by atoms with van der Waals surface area (Å²) in [5.74, 6) is -2.80. The van der Waals surface area contributed by atoms with Crippen molar-refractivity contribution in [2.75, 3.05) is 11.5 Å². The van der Waals surface area contributed by atoms with E-state index < -0.39 is 23.7 Å². The summed E-state index contributed by atoms with van der Waals surface area (Å²) in [6.07, 6.45) is 3.86. The summed E-state index contributed by atoms with van der Waals surface area (Å²) >= 11 is 0. The van der Waals surface area contributed by atoms with Crippen molar-refractivity contribution in [3.63, 3.8) is 0 Å². The van der Waals surface area contributed by atoms with E-state index in [9.17, 15) is 24.3 Å². The number of phenols is 1. The zero-order chi connectivity index (χ0) is 32.6. The number of carbonyl (C=O) groups is 4. The maximum Gasteiger partial charge on any atom is 0.238 e. The Morgan fingerprint density at radius 1 is 0.979 bits per heavy atom. The number of imide groups is 1. The highest BCUT2D eigenvalue weighted by atomic mass is 16.5. The zero-order valence-electron chi connectivity index (χ0n) is 25.7. The maximum atomic E-state index is 14.3. The molecule has 9 heteroatoms. The van der Waals surface area contributed by atoms with Gasteiger partial charge in [-0.2, -0.15) is 0 Å². The molecule has 3 aliphatic carbocycles. The van der Waals surface area contributed by atoms with Crippen LogP contribution in [0.25, 0.3) is 22.6 Å². The molecule has 4 atom stereocenters. The SMILES string of the molecule is CCOc1cc(C2C3=CCC4C(=O)N(c5ccc(-c6nc7ccccc7o6)cc5)C(=O)C4C3CC3=C2C(=O)C=C(C)C3=O)ccc1O. The fourth-order valence-corrected chi connectivity index (χ4v) is 7.75. The van der Waals surface area contributed by atoms with Gasteiger partial charge in [0.25, 0.3) is 0 Å². The summed E-state index contributed by atoms with van der Waals surface area (Å²) in [7, 11) is 0. The Bertz CT molecular complexity index is 2100. The minimum absolute atomic E-state index is 0.0361. The molecule has 2 heterocycles. The Hall–Kier alpha value is -5.57. The number of nitrogens with zero attached hydrogens (tertiary/aromatic N) is 2. The van der Waals surface area contributed by atoms with Crippen LogP contribution in [0.15, 0.2) is 106 Å². The molecular formula is C38H30N2O7. The van der Waals surface area contributed by atoms with E-state index >= 15 is 0 Å². The molecule has 1 aromatic heterocycles. The molecule has 47 heavy (non-hydrogen) atoms. The normalized spacial score (nSPS) is 23.8. The molecule has 0 radical (unpaired) electrons. The van der Waals surface area contributed by atoms with E-state index in [-0.39, 0.29) is 41.3 Å². The van der Waals surface area contributed by atoms with Crippen LogP contribution in [-0.4, -0.2) is 40.1 Å². The number of carbonyl (C=O) groups excluding carboxylic acids is 4. The molecule has 0 spiro atoms. The van der Waals surface area contributed by atoms with Crippen molar-refractivity contribution in [3.05, 3.63) is 107 Å². The maximum absolute atomic E-state index is 14.3. The number of para-hydroxylation sites is 2. The van der Waals surface area contributed by atoms with Crippen LogP contribution in [0.5, 0.6) is 11.5 Å². The Morgan fingerprint density at radius 2 is 1.77 bits per heavy atom. The molecule has 0 bridgehead atoms. The van der Waals surface area contributed by atoms with Gasteiger partial charge in [0.15, 0.2) is 28.6 Å². The van der Waals surface area contributed by atoms with Gasteiger partial charge in [-0.05, 0) is 92.8 Å². The number of ether oxygens (including phenoxy) is 1. The van der Waals surface area contributed by atoms with Gasteiger partial charge in [0.05, 0.1) is 24.1 Å². The van der Waals surface area contributed by atoms with E-state index in [0.717, 1.165) is 11.1 Å².